The summed E-state index contributed by atoms with van der Waals surface area (Å²) in [7, 11) is 1.68. The number of benzene rings is 2. The van der Waals surface area contributed by atoms with Crippen LogP contribution in [0.25, 0.3) is 0 Å². The number of ether oxygens (including phenoxy) is 1. The minimum Gasteiger partial charge on any atom is -0.377 e. The molecule has 1 N–H and O–H groups in total. The van der Waals surface area contributed by atoms with E-state index in [4.69, 9.17) is 10.00 Å². The lowest BCUT2D eigenvalue weighted by Gasteiger charge is -2.18. The maximum atomic E-state index is 12.7. The number of amides is 1. The number of rotatable bonds is 5. The second kappa shape index (κ2) is 7.37. The Morgan fingerprint density at radius 3 is 2.72 bits per heavy atom. The van der Waals surface area contributed by atoms with Crippen LogP contribution in [0.15, 0.2) is 48.5 Å². The van der Waals surface area contributed by atoms with Crippen molar-refractivity contribution in [3.05, 3.63) is 59.7 Å². The number of hydrogen-bond acceptors (Lipinski definition) is 4. The van der Waals surface area contributed by atoms with Gasteiger partial charge >= 0.3 is 0 Å². The van der Waals surface area contributed by atoms with Crippen molar-refractivity contribution in [1.29, 1.82) is 5.26 Å². The highest BCUT2D eigenvalue weighted by molar-refractivity contribution is 6.01. The summed E-state index contributed by atoms with van der Waals surface area (Å²) in [6.45, 7) is 2.66. The molecule has 1 aliphatic rings. The van der Waals surface area contributed by atoms with Gasteiger partial charge in [0, 0.05) is 25.0 Å². The van der Waals surface area contributed by atoms with Crippen LogP contribution < -0.4 is 10.2 Å². The quantitative estimate of drug-likeness (QED) is 0.908. The van der Waals surface area contributed by atoms with E-state index in [1.165, 1.54) is 0 Å². The first-order chi connectivity index (χ1) is 12.1. The molecule has 3 rings (SSSR count). The van der Waals surface area contributed by atoms with Crippen LogP contribution in [0.5, 0.6) is 0 Å². The second-order valence-electron chi connectivity index (χ2n) is 6.14. The number of hydrogen-bond donors (Lipinski definition) is 1. The van der Waals surface area contributed by atoms with E-state index < -0.39 is 0 Å². The molecule has 1 amide bonds. The second-order valence-corrected chi connectivity index (χ2v) is 6.14. The van der Waals surface area contributed by atoms with E-state index in [1.54, 1.807) is 24.1 Å². The zero-order chi connectivity index (χ0) is 17.8. The number of nitrogens with zero attached hydrogens (tertiary/aromatic N) is 2. The fourth-order valence-electron chi connectivity index (χ4n) is 3.00. The van der Waals surface area contributed by atoms with E-state index >= 15 is 0 Å². The Kier molecular flexibility index (Phi) is 5.01. The highest BCUT2D eigenvalue weighted by Gasteiger charge is 2.32. The Hall–Kier alpha value is -2.84. The molecule has 5 nitrogen and oxygen atoms in total. The van der Waals surface area contributed by atoms with E-state index in [2.05, 4.69) is 11.4 Å². The van der Waals surface area contributed by atoms with E-state index in [0.717, 1.165) is 23.4 Å². The zero-order valence-corrected chi connectivity index (χ0v) is 14.4. The average Bonchev–Trinajstić information content (AvgIpc) is 3.02. The van der Waals surface area contributed by atoms with Crippen molar-refractivity contribution in [3.63, 3.8) is 0 Å². The van der Waals surface area contributed by atoms with Gasteiger partial charge in [-0.3, -0.25) is 4.79 Å². The summed E-state index contributed by atoms with van der Waals surface area (Å²) in [6, 6.07) is 16.9. The van der Waals surface area contributed by atoms with Crippen LogP contribution >= 0.6 is 0 Å². The van der Waals surface area contributed by atoms with Gasteiger partial charge < -0.3 is 15.0 Å². The van der Waals surface area contributed by atoms with Gasteiger partial charge in [0.2, 0.25) is 5.91 Å². The molecular formula is C20H21N3O2. The van der Waals surface area contributed by atoms with Gasteiger partial charge in [-0.25, -0.2) is 0 Å². The largest absolute Gasteiger partial charge is 0.377 e. The third-order valence-corrected chi connectivity index (χ3v) is 4.56. The van der Waals surface area contributed by atoms with Gasteiger partial charge in [-0.05, 0) is 55.3 Å². The van der Waals surface area contributed by atoms with Gasteiger partial charge in [-0.15, -0.1) is 0 Å². The summed E-state index contributed by atoms with van der Waals surface area (Å²) in [5.74, 6) is 0.0508. The first-order valence-electron chi connectivity index (χ1n) is 8.33. The molecule has 1 saturated heterocycles. The number of nitrogens with one attached hydrogen (secondary N) is 1. The molecular weight excluding hydrogens is 314 g/mol. The molecule has 0 saturated carbocycles. The van der Waals surface area contributed by atoms with Crippen LogP contribution in [0.3, 0.4) is 0 Å². The molecule has 5 heteroatoms. The van der Waals surface area contributed by atoms with Gasteiger partial charge in [-0.2, -0.15) is 5.26 Å². The highest BCUT2D eigenvalue weighted by Crippen LogP contribution is 2.25. The van der Waals surface area contributed by atoms with Gasteiger partial charge in [0.1, 0.15) is 6.04 Å². The minimum absolute atomic E-state index is 0.0103. The first-order valence-corrected chi connectivity index (χ1v) is 8.33. The number of methoxy groups -OCH3 is 1. The van der Waals surface area contributed by atoms with E-state index in [1.807, 2.05) is 43.3 Å². The molecule has 128 valence electrons. The number of carbonyl (C=O) groups is 1. The maximum absolute atomic E-state index is 12.7. The maximum Gasteiger partial charge on any atom is 0.249 e. The Balaban J connectivity index is 1.71. The lowest BCUT2D eigenvalue weighted by Crippen LogP contribution is -2.33. The van der Waals surface area contributed by atoms with Crippen molar-refractivity contribution in [3.8, 4) is 6.07 Å². The summed E-state index contributed by atoms with van der Waals surface area (Å²) in [6.07, 6.45) is 0.749. The number of carbonyl (C=O) groups excluding carboxylic acids is 1. The van der Waals surface area contributed by atoms with Crippen LogP contribution in [0.2, 0.25) is 0 Å². The summed E-state index contributed by atoms with van der Waals surface area (Å²) in [4.78, 5) is 14.5. The van der Waals surface area contributed by atoms with Crippen LogP contribution in [0.4, 0.5) is 11.4 Å². The Morgan fingerprint density at radius 1 is 1.28 bits per heavy atom. The zero-order valence-electron chi connectivity index (χ0n) is 14.4. The standard InChI is InChI=1S/C20H21N3O2/c1-14(25-2)16-4-3-5-17(12-16)22-19-10-11-23(20(19)24)18-8-6-15(13-21)7-9-18/h3-9,12,14,19,22H,10-11H2,1-2H3/t14-,19-/m1/s1. The third kappa shape index (κ3) is 3.65. The Labute approximate surface area is 147 Å². The molecule has 0 aliphatic carbocycles. The minimum atomic E-state index is -0.247. The molecule has 25 heavy (non-hydrogen) atoms. The number of nitriles is 1. The van der Waals surface area contributed by atoms with Gasteiger partial charge in [0.05, 0.1) is 17.7 Å². The van der Waals surface area contributed by atoms with E-state index in [0.29, 0.717) is 12.1 Å². The summed E-state index contributed by atoms with van der Waals surface area (Å²) < 4.78 is 5.35. The molecule has 2 aromatic rings. The normalized spacial score (nSPS) is 18.0. The molecule has 1 aliphatic heterocycles. The molecule has 1 heterocycles. The van der Waals surface area contributed by atoms with Crippen molar-refractivity contribution in [2.45, 2.75) is 25.5 Å². The predicted octanol–water partition coefficient (Wildman–Crippen LogP) is 3.48. The van der Waals surface area contributed by atoms with Crippen molar-refractivity contribution >= 4 is 17.3 Å². The number of anilines is 2. The highest BCUT2D eigenvalue weighted by atomic mass is 16.5. The Morgan fingerprint density at radius 2 is 2.04 bits per heavy atom. The van der Waals surface area contributed by atoms with Crippen molar-refractivity contribution in [2.24, 2.45) is 0 Å². The van der Waals surface area contributed by atoms with E-state index in [9.17, 15) is 4.79 Å². The fourth-order valence-corrected chi connectivity index (χ4v) is 3.00. The van der Waals surface area contributed by atoms with Crippen LogP contribution in [0, 0.1) is 11.3 Å². The predicted molar refractivity (Wildman–Crippen MR) is 97.4 cm³/mol. The fraction of sp³-hybridized carbons (Fsp3) is 0.300. The summed E-state index contributed by atoms with van der Waals surface area (Å²) >= 11 is 0. The van der Waals surface area contributed by atoms with Crippen LogP contribution in [-0.2, 0) is 9.53 Å². The Bertz CT molecular complexity index is 795. The van der Waals surface area contributed by atoms with E-state index in [-0.39, 0.29) is 18.1 Å². The summed E-state index contributed by atoms with van der Waals surface area (Å²) in [5, 5.41) is 12.2. The van der Waals surface area contributed by atoms with Gasteiger partial charge in [-0.1, -0.05) is 12.1 Å². The third-order valence-electron chi connectivity index (χ3n) is 4.56. The van der Waals surface area contributed by atoms with Crippen LogP contribution in [-0.4, -0.2) is 25.6 Å². The molecule has 2 atom stereocenters. The van der Waals surface area contributed by atoms with Gasteiger partial charge in [0.25, 0.3) is 0 Å². The van der Waals surface area contributed by atoms with Crippen molar-refractivity contribution in [1.82, 2.24) is 0 Å². The molecule has 0 radical (unpaired) electrons. The lowest BCUT2D eigenvalue weighted by molar-refractivity contribution is -0.117. The molecule has 0 unspecified atom stereocenters. The molecule has 0 aromatic heterocycles. The lowest BCUT2D eigenvalue weighted by atomic mass is 10.1. The molecule has 2 aromatic carbocycles. The SMILES string of the molecule is CO[C@H](C)c1cccc(N[C@@H]2CCN(c3ccc(C#N)cc3)C2=O)c1. The topological polar surface area (TPSA) is 65.4 Å². The molecule has 0 bridgehead atoms. The van der Waals surface area contributed by atoms with Crippen molar-refractivity contribution < 1.29 is 9.53 Å². The molecule has 0 spiro atoms. The first kappa shape index (κ1) is 17.0. The van der Waals surface area contributed by atoms with Gasteiger partial charge in [0.15, 0.2) is 0 Å². The van der Waals surface area contributed by atoms with Crippen LogP contribution in [0.1, 0.15) is 30.6 Å². The smallest absolute Gasteiger partial charge is 0.249 e. The monoisotopic (exact) mass is 335 g/mol. The molecule has 1 fully saturated rings. The average molecular weight is 335 g/mol. The summed E-state index contributed by atoms with van der Waals surface area (Å²) in [5.41, 5.74) is 3.41. The van der Waals surface area contributed by atoms with Crippen molar-refractivity contribution in [2.75, 3.05) is 23.9 Å².